The van der Waals surface area contributed by atoms with Gasteiger partial charge in [0.15, 0.2) is 5.78 Å². The fourth-order valence-corrected chi connectivity index (χ4v) is 7.83. The highest BCUT2D eigenvalue weighted by Gasteiger charge is 2.60. The zero-order valence-corrected chi connectivity index (χ0v) is 17.9. The second kappa shape index (κ2) is 7.46. The van der Waals surface area contributed by atoms with Crippen molar-refractivity contribution in [2.45, 2.75) is 91.1 Å². The van der Waals surface area contributed by atoms with Gasteiger partial charge in [0.05, 0.1) is 0 Å². The van der Waals surface area contributed by atoms with Gasteiger partial charge in [-0.2, -0.15) is 0 Å². The van der Waals surface area contributed by atoms with Crippen molar-refractivity contribution in [1.82, 2.24) is 0 Å². The van der Waals surface area contributed by atoms with Gasteiger partial charge < -0.3 is 4.74 Å². The fraction of sp³-hybridized carbons (Fsp3) is 0.833. The molecule has 7 atom stereocenters. The molecule has 4 aliphatic carbocycles. The van der Waals surface area contributed by atoms with Gasteiger partial charge in [-0.3, -0.25) is 9.59 Å². The predicted octanol–water partition coefficient (Wildman–Crippen LogP) is 5.72. The average molecular weight is 409 g/mol. The maximum Gasteiger partial charge on any atom is 0.303 e. The number of ketones is 1. The van der Waals surface area contributed by atoms with Gasteiger partial charge in [0.2, 0.25) is 6.10 Å². The van der Waals surface area contributed by atoms with Crippen LogP contribution < -0.4 is 0 Å². The van der Waals surface area contributed by atoms with E-state index in [4.69, 9.17) is 4.74 Å². The van der Waals surface area contributed by atoms with Crippen molar-refractivity contribution in [3.8, 4) is 0 Å². The van der Waals surface area contributed by atoms with E-state index in [0.29, 0.717) is 24.2 Å². The third-order valence-corrected chi connectivity index (χ3v) is 9.17. The maximum absolute atomic E-state index is 13.5. The van der Waals surface area contributed by atoms with Crippen molar-refractivity contribution >= 4 is 11.8 Å². The van der Waals surface area contributed by atoms with E-state index in [0.717, 1.165) is 39.0 Å². The standard InChI is InChI=1S/C24H34F2O3/c1-14(27)29-21(22(25)26)20(28)19-10-9-17-16-8-7-15-6-4-5-12-23(15,2)18(16)11-13-24(17,19)3/h6,16-19,21-22H,4-5,7-13H2,1-3H3/t16-,17-,18-,19+,21?,23-,24-/m0/s1. The molecule has 0 aromatic rings. The van der Waals surface area contributed by atoms with Gasteiger partial charge in [0, 0.05) is 12.8 Å². The molecule has 0 N–H and O–H groups in total. The van der Waals surface area contributed by atoms with Crippen LogP contribution in [0.4, 0.5) is 8.78 Å². The number of allylic oxidation sites excluding steroid dienone is 2. The molecule has 4 aliphatic rings. The monoisotopic (exact) mass is 408 g/mol. The number of hydrogen-bond acceptors (Lipinski definition) is 3. The number of halogens is 2. The number of carbonyl (C=O) groups is 2. The van der Waals surface area contributed by atoms with E-state index >= 15 is 0 Å². The van der Waals surface area contributed by atoms with Crippen molar-refractivity contribution in [1.29, 1.82) is 0 Å². The molecule has 0 spiro atoms. The number of fused-ring (bicyclic) bond motifs is 5. The van der Waals surface area contributed by atoms with E-state index in [1.165, 1.54) is 19.3 Å². The lowest BCUT2D eigenvalue weighted by Gasteiger charge is -2.58. The lowest BCUT2D eigenvalue weighted by molar-refractivity contribution is -0.167. The summed E-state index contributed by atoms with van der Waals surface area (Å²) in [6.45, 7) is 5.68. The smallest absolute Gasteiger partial charge is 0.303 e. The van der Waals surface area contributed by atoms with E-state index in [2.05, 4.69) is 19.9 Å². The lowest BCUT2D eigenvalue weighted by Crippen LogP contribution is -2.52. The van der Waals surface area contributed by atoms with Crippen LogP contribution in [0.1, 0.15) is 78.6 Å². The molecule has 0 heterocycles. The molecule has 29 heavy (non-hydrogen) atoms. The molecule has 0 radical (unpaired) electrons. The zero-order chi connectivity index (χ0) is 21.0. The van der Waals surface area contributed by atoms with E-state index in [1.54, 1.807) is 5.57 Å². The van der Waals surface area contributed by atoms with Crippen molar-refractivity contribution in [2.75, 3.05) is 0 Å². The minimum Gasteiger partial charge on any atom is -0.448 e. The Morgan fingerprint density at radius 1 is 1.10 bits per heavy atom. The quantitative estimate of drug-likeness (QED) is 0.441. The Hall–Kier alpha value is -1.26. The zero-order valence-electron chi connectivity index (χ0n) is 17.9. The van der Waals surface area contributed by atoms with Gasteiger partial charge in [-0.05, 0) is 86.4 Å². The molecule has 0 saturated heterocycles. The van der Waals surface area contributed by atoms with Crippen LogP contribution in [0.3, 0.4) is 0 Å². The number of Topliss-reactive ketones (excluding diaryl/α,β-unsaturated/α-hetero) is 1. The Balaban J connectivity index is 1.58. The van der Waals surface area contributed by atoms with Crippen LogP contribution in [0.15, 0.2) is 11.6 Å². The molecule has 4 rings (SSSR count). The molecule has 0 aliphatic heterocycles. The van der Waals surface area contributed by atoms with Crippen molar-refractivity contribution in [3.63, 3.8) is 0 Å². The fourth-order valence-electron chi connectivity index (χ4n) is 7.83. The molecule has 3 saturated carbocycles. The Morgan fingerprint density at radius 3 is 2.55 bits per heavy atom. The van der Waals surface area contributed by atoms with E-state index in [-0.39, 0.29) is 10.8 Å². The molecule has 0 amide bonds. The topological polar surface area (TPSA) is 43.4 Å². The molecular weight excluding hydrogens is 374 g/mol. The van der Waals surface area contributed by atoms with E-state index in [9.17, 15) is 18.4 Å². The summed E-state index contributed by atoms with van der Waals surface area (Å²) in [4.78, 5) is 24.4. The highest BCUT2D eigenvalue weighted by Crippen LogP contribution is 2.66. The predicted molar refractivity (Wildman–Crippen MR) is 106 cm³/mol. The number of hydrogen-bond donors (Lipinski definition) is 0. The van der Waals surface area contributed by atoms with Gasteiger partial charge in [0.25, 0.3) is 6.43 Å². The van der Waals surface area contributed by atoms with Crippen LogP contribution in [0.5, 0.6) is 0 Å². The minimum absolute atomic E-state index is 0.252. The number of ether oxygens (including phenoxy) is 1. The second-order valence-corrected chi connectivity index (χ2v) is 10.4. The summed E-state index contributed by atoms with van der Waals surface area (Å²) >= 11 is 0. The van der Waals surface area contributed by atoms with Crippen LogP contribution in [0.2, 0.25) is 0 Å². The molecule has 5 heteroatoms. The molecule has 3 nitrogen and oxygen atoms in total. The second-order valence-electron chi connectivity index (χ2n) is 10.4. The van der Waals surface area contributed by atoms with Gasteiger partial charge in [-0.1, -0.05) is 25.5 Å². The van der Waals surface area contributed by atoms with Crippen LogP contribution in [0, 0.1) is 34.5 Å². The normalized spacial score (nSPS) is 42.3. The molecule has 1 unspecified atom stereocenters. The van der Waals surface area contributed by atoms with Gasteiger partial charge >= 0.3 is 5.97 Å². The first-order chi connectivity index (χ1) is 13.7. The Bertz CT molecular complexity index is 717. The maximum atomic E-state index is 13.5. The summed E-state index contributed by atoms with van der Waals surface area (Å²) in [6.07, 6.45) is 7.17. The summed E-state index contributed by atoms with van der Waals surface area (Å²) in [5.41, 5.74) is 1.68. The van der Waals surface area contributed by atoms with Gasteiger partial charge in [-0.25, -0.2) is 8.78 Å². The summed E-state index contributed by atoms with van der Waals surface area (Å²) < 4.78 is 31.8. The highest BCUT2D eigenvalue weighted by atomic mass is 19.3. The van der Waals surface area contributed by atoms with E-state index < -0.39 is 30.2 Å². The minimum atomic E-state index is -2.96. The summed E-state index contributed by atoms with van der Waals surface area (Å²) in [6, 6.07) is 0. The Morgan fingerprint density at radius 2 is 1.86 bits per heavy atom. The van der Waals surface area contributed by atoms with Crippen molar-refractivity contribution in [2.24, 2.45) is 34.5 Å². The first kappa shape index (κ1) is 21.0. The summed E-state index contributed by atoms with van der Waals surface area (Å²) in [7, 11) is 0. The molecular formula is C24H34F2O3. The third kappa shape index (κ3) is 3.27. The van der Waals surface area contributed by atoms with E-state index in [1.807, 2.05) is 0 Å². The van der Waals surface area contributed by atoms with Gasteiger partial charge in [0.1, 0.15) is 0 Å². The Kier molecular flexibility index (Phi) is 5.40. The highest BCUT2D eigenvalue weighted by molar-refractivity contribution is 5.88. The van der Waals surface area contributed by atoms with Crippen LogP contribution in [0.25, 0.3) is 0 Å². The molecule has 0 bridgehead atoms. The average Bonchev–Trinajstić information content (AvgIpc) is 3.02. The SMILES string of the molecule is CC(=O)OC(C(=O)[C@H]1CC[C@H]2[C@@H]3CCC4=CCCC[C@]4(C)[C@H]3CC[C@]12C)C(F)F. The number of esters is 1. The lowest BCUT2D eigenvalue weighted by atomic mass is 9.46. The van der Waals surface area contributed by atoms with Crippen molar-refractivity contribution in [3.05, 3.63) is 11.6 Å². The first-order valence-corrected chi connectivity index (χ1v) is 11.4. The molecule has 162 valence electrons. The number of rotatable bonds is 4. The van der Waals surface area contributed by atoms with Gasteiger partial charge in [-0.15, -0.1) is 0 Å². The van der Waals surface area contributed by atoms with Crippen LogP contribution in [-0.2, 0) is 14.3 Å². The van der Waals surface area contributed by atoms with Crippen LogP contribution >= 0.6 is 0 Å². The molecule has 3 fully saturated rings. The largest absolute Gasteiger partial charge is 0.448 e. The van der Waals surface area contributed by atoms with Crippen LogP contribution in [-0.4, -0.2) is 24.3 Å². The number of carbonyl (C=O) groups excluding carboxylic acids is 2. The summed E-state index contributed by atoms with van der Waals surface area (Å²) in [5, 5.41) is 0. The molecule has 0 aromatic carbocycles. The third-order valence-electron chi connectivity index (χ3n) is 9.17. The first-order valence-electron chi connectivity index (χ1n) is 11.4. The Labute approximate surface area is 172 Å². The molecule has 0 aromatic heterocycles. The summed E-state index contributed by atoms with van der Waals surface area (Å²) in [5.74, 6) is -0.170. The van der Waals surface area contributed by atoms with Crippen molar-refractivity contribution < 1.29 is 23.1 Å². The number of alkyl halides is 2.